The number of carbonyl (C=O) groups is 2. The second kappa shape index (κ2) is 40.8. The first-order chi connectivity index (χ1) is 23.2. The lowest BCUT2D eigenvalue weighted by Crippen LogP contribution is -2.11. The van der Waals surface area contributed by atoms with Gasteiger partial charge in [-0.1, -0.05) is 192 Å². The van der Waals surface area contributed by atoms with Gasteiger partial charge in [-0.2, -0.15) is 0 Å². The normalized spacial score (nSPS) is 11.7. The summed E-state index contributed by atoms with van der Waals surface area (Å²) in [6, 6.07) is 0. The number of allylic oxidation sites excluding steroid dienone is 4. The monoisotopic (exact) mass is 659 g/mol. The summed E-state index contributed by atoms with van der Waals surface area (Å²) in [4.78, 5) is 24.0. The van der Waals surface area contributed by atoms with Gasteiger partial charge in [0.1, 0.15) is 0 Å². The molecule has 0 saturated carbocycles. The highest BCUT2D eigenvalue weighted by Crippen LogP contribution is 2.15. The van der Waals surface area contributed by atoms with Gasteiger partial charge in [0.2, 0.25) is 0 Å². The van der Waals surface area contributed by atoms with E-state index < -0.39 is 0 Å². The van der Waals surface area contributed by atoms with Crippen molar-refractivity contribution >= 4 is 11.9 Å². The average molecular weight is 659 g/mol. The van der Waals surface area contributed by atoms with Crippen LogP contribution in [-0.2, 0) is 14.3 Å². The van der Waals surface area contributed by atoms with Crippen molar-refractivity contribution in [2.24, 2.45) is 0 Å². The smallest absolute Gasteiger partial charge is 0.313 e. The molecule has 0 radical (unpaired) electrons. The molecule has 0 N–H and O–H groups in total. The molecule has 0 atom stereocenters. The van der Waals surface area contributed by atoms with E-state index in [-0.39, 0.29) is 11.9 Å². The minimum atomic E-state index is -0.329. The van der Waals surface area contributed by atoms with E-state index in [0.717, 1.165) is 25.7 Å². The van der Waals surface area contributed by atoms with Crippen LogP contribution in [-0.4, -0.2) is 11.9 Å². The number of unbranched alkanes of at least 4 members (excludes halogenated alkanes) is 30. The molecule has 0 aromatic heterocycles. The van der Waals surface area contributed by atoms with Crippen LogP contribution in [0.5, 0.6) is 0 Å². The fourth-order valence-electron chi connectivity index (χ4n) is 6.32. The van der Waals surface area contributed by atoms with Gasteiger partial charge in [0.05, 0.1) is 0 Å². The molecule has 0 aliphatic carbocycles. The SMILES string of the molecule is CCCCCCCCC=CCCCCCCCCCCCC(=O)OC(=O)CCCCCCCCCCC/C=C\CCCCCCCC. The van der Waals surface area contributed by atoms with Crippen LogP contribution in [0.25, 0.3) is 0 Å². The zero-order valence-corrected chi connectivity index (χ0v) is 32.0. The summed E-state index contributed by atoms with van der Waals surface area (Å²) in [5.41, 5.74) is 0. The Labute approximate surface area is 294 Å². The molecular formula is C44H82O3. The molecule has 3 nitrogen and oxygen atoms in total. The van der Waals surface area contributed by atoms with Crippen LogP contribution in [0.1, 0.15) is 245 Å². The molecule has 0 amide bonds. The second-order valence-corrected chi connectivity index (χ2v) is 14.3. The minimum Gasteiger partial charge on any atom is -0.393 e. The molecule has 0 unspecified atom stereocenters. The van der Waals surface area contributed by atoms with Gasteiger partial charge in [0.25, 0.3) is 0 Å². The minimum absolute atomic E-state index is 0.329. The first-order valence-electron chi connectivity index (χ1n) is 21.2. The molecule has 0 heterocycles. The van der Waals surface area contributed by atoms with Gasteiger partial charge in [-0.15, -0.1) is 0 Å². The molecule has 0 aliphatic heterocycles. The first-order valence-corrected chi connectivity index (χ1v) is 21.2. The van der Waals surface area contributed by atoms with E-state index in [1.807, 2.05) is 0 Å². The van der Waals surface area contributed by atoms with Gasteiger partial charge in [0.15, 0.2) is 0 Å². The summed E-state index contributed by atoms with van der Waals surface area (Å²) in [5, 5.41) is 0. The number of hydrogen-bond donors (Lipinski definition) is 0. The Morgan fingerprint density at radius 2 is 0.532 bits per heavy atom. The maximum absolute atomic E-state index is 12.0. The Hall–Kier alpha value is -1.38. The lowest BCUT2D eigenvalue weighted by Gasteiger charge is -2.04. The van der Waals surface area contributed by atoms with Crippen molar-refractivity contribution in [3.63, 3.8) is 0 Å². The number of esters is 2. The molecule has 0 spiro atoms. The number of carbonyl (C=O) groups excluding carboxylic acids is 2. The number of ether oxygens (including phenoxy) is 1. The maximum Gasteiger partial charge on any atom is 0.313 e. The molecule has 0 rings (SSSR count). The molecule has 3 heteroatoms. The number of rotatable bonds is 38. The summed E-state index contributed by atoms with van der Waals surface area (Å²) in [7, 11) is 0. The largest absolute Gasteiger partial charge is 0.393 e. The van der Waals surface area contributed by atoms with E-state index in [4.69, 9.17) is 4.74 Å². The highest BCUT2D eigenvalue weighted by atomic mass is 16.6. The Morgan fingerprint density at radius 1 is 0.319 bits per heavy atom. The van der Waals surface area contributed by atoms with Crippen molar-refractivity contribution in [2.45, 2.75) is 245 Å². The van der Waals surface area contributed by atoms with Gasteiger partial charge in [-0.05, 0) is 64.2 Å². The van der Waals surface area contributed by atoms with Gasteiger partial charge in [-0.3, -0.25) is 9.59 Å². The first kappa shape index (κ1) is 45.6. The zero-order valence-electron chi connectivity index (χ0n) is 32.0. The summed E-state index contributed by atoms with van der Waals surface area (Å²) in [6.07, 6.45) is 53.9. The lowest BCUT2D eigenvalue weighted by atomic mass is 10.1. The molecule has 0 aliphatic rings. The third-order valence-corrected chi connectivity index (χ3v) is 9.51. The molecule has 0 aromatic carbocycles. The van der Waals surface area contributed by atoms with E-state index in [1.165, 1.54) is 193 Å². The molecule has 47 heavy (non-hydrogen) atoms. The maximum atomic E-state index is 12.0. The molecule has 0 saturated heterocycles. The Balaban J connectivity index is 3.32. The van der Waals surface area contributed by atoms with Crippen LogP contribution in [0, 0.1) is 0 Å². The molecule has 0 aromatic rings. The van der Waals surface area contributed by atoms with Gasteiger partial charge in [0, 0.05) is 12.8 Å². The van der Waals surface area contributed by atoms with Crippen molar-refractivity contribution < 1.29 is 14.3 Å². The average Bonchev–Trinajstić information content (AvgIpc) is 3.06. The molecule has 0 bridgehead atoms. The van der Waals surface area contributed by atoms with Crippen LogP contribution in [0.15, 0.2) is 24.3 Å². The van der Waals surface area contributed by atoms with Crippen LogP contribution in [0.4, 0.5) is 0 Å². The Bertz CT molecular complexity index is 636. The third-order valence-electron chi connectivity index (χ3n) is 9.51. The Kier molecular flexibility index (Phi) is 39.6. The Morgan fingerprint density at radius 3 is 0.787 bits per heavy atom. The van der Waals surface area contributed by atoms with Gasteiger partial charge >= 0.3 is 11.9 Å². The van der Waals surface area contributed by atoms with Crippen molar-refractivity contribution in [2.75, 3.05) is 0 Å². The van der Waals surface area contributed by atoms with E-state index in [0.29, 0.717) is 12.8 Å². The highest BCUT2D eigenvalue weighted by molar-refractivity contribution is 5.85. The van der Waals surface area contributed by atoms with Gasteiger partial charge < -0.3 is 4.74 Å². The summed E-state index contributed by atoms with van der Waals surface area (Å²) in [6.45, 7) is 4.55. The third kappa shape index (κ3) is 40.7. The molecule has 0 fully saturated rings. The standard InChI is InChI=1S/C44H82O3/c1-3-5-7-9-11-13-15-17-19-21-23-25-27-29-31-33-35-37-39-41-43(45)47-44(46)42-40-38-36-34-32-30-28-26-24-22-20-18-16-14-12-10-8-6-4-2/h17-20H,3-16,21-42H2,1-2H3/b19-17-,20-18?. The van der Waals surface area contributed by atoms with Gasteiger partial charge in [-0.25, -0.2) is 0 Å². The van der Waals surface area contributed by atoms with Crippen LogP contribution < -0.4 is 0 Å². The van der Waals surface area contributed by atoms with E-state index in [1.54, 1.807) is 0 Å². The van der Waals surface area contributed by atoms with E-state index >= 15 is 0 Å². The van der Waals surface area contributed by atoms with Crippen LogP contribution in [0.2, 0.25) is 0 Å². The molecular weight excluding hydrogens is 576 g/mol. The second-order valence-electron chi connectivity index (χ2n) is 14.3. The summed E-state index contributed by atoms with van der Waals surface area (Å²) in [5.74, 6) is -0.659. The fraction of sp³-hybridized carbons (Fsp3) is 0.864. The topological polar surface area (TPSA) is 43.4 Å². The predicted molar refractivity (Wildman–Crippen MR) is 207 cm³/mol. The van der Waals surface area contributed by atoms with Crippen LogP contribution in [0.3, 0.4) is 0 Å². The van der Waals surface area contributed by atoms with Crippen molar-refractivity contribution in [1.82, 2.24) is 0 Å². The van der Waals surface area contributed by atoms with Crippen molar-refractivity contribution in [3.8, 4) is 0 Å². The lowest BCUT2D eigenvalue weighted by molar-refractivity contribution is -0.159. The fourth-order valence-corrected chi connectivity index (χ4v) is 6.32. The van der Waals surface area contributed by atoms with Crippen molar-refractivity contribution in [1.29, 1.82) is 0 Å². The quantitative estimate of drug-likeness (QED) is 0.0287. The van der Waals surface area contributed by atoms with Crippen LogP contribution >= 0.6 is 0 Å². The zero-order chi connectivity index (χ0) is 34.1. The van der Waals surface area contributed by atoms with E-state index in [2.05, 4.69) is 38.2 Å². The summed E-state index contributed by atoms with van der Waals surface area (Å²) >= 11 is 0. The number of hydrogen-bond acceptors (Lipinski definition) is 3. The molecule has 276 valence electrons. The van der Waals surface area contributed by atoms with Crippen molar-refractivity contribution in [3.05, 3.63) is 24.3 Å². The van der Waals surface area contributed by atoms with E-state index in [9.17, 15) is 9.59 Å². The highest BCUT2D eigenvalue weighted by Gasteiger charge is 2.10. The summed E-state index contributed by atoms with van der Waals surface area (Å²) < 4.78 is 5.04. The predicted octanol–water partition coefficient (Wildman–Crippen LogP) is 15.3.